The maximum atomic E-state index is 10.8. The predicted molar refractivity (Wildman–Crippen MR) is 332 cm³/mol. The van der Waals surface area contributed by atoms with Crippen molar-refractivity contribution in [3.8, 4) is 68.0 Å². The molecule has 0 unspecified atom stereocenters. The Hall–Kier alpha value is -8.42. The molecule has 0 N–H and O–H groups in total. The number of nitrogens with zero attached hydrogens (tertiary/aromatic N) is 4. The van der Waals surface area contributed by atoms with Gasteiger partial charge in [-0.3, -0.25) is 9.36 Å². The summed E-state index contributed by atoms with van der Waals surface area (Å²) in [6.07, 6.45) is 0.905. The molecule has 2 aromatic heterocycles. The van der Waals surface area contributed by atoms with Crippen LogP contribution >= 0.6 is 0 Å². The van der Waals surface area contributed by atoms with Crippen molar-refractivity contribution in [2.75, 3.05) is 0 Å². The molecule has 10 rings (SSSR count). The van der Waals surface area contributed by atoms with Crippen LogP contribution in [0, 0.1) is 13.8 Å². The van der Waals surface area contributed by atoms with Crippen LogP contribution in [0.4, 0.5) is 0 Å². The van der Waals surface area contributed by atoms with Gasteiger partial charge in [-0.2, -0.15) is 10.2 Å². The number of carbonyl (C=O) groups excluding carboxylic acids is 2. The van der Waals surface area contributed by atoms with Gasteiger partial charge in [-0.15, -0.1) is 0 Å². The monoisotopic (exact) mass is 1160 g/mol. The molecule has 0 spiro atoms. The summed E-state index contributed by atoms with van der Waals surface area (Å²) in [5.74, 6) is 0.984. The second-order valence-corrected chi connectivity index (χ2v) is 21.3. The first-order valence-electron chi connectivity index (χ1n) is 28.5. The molecule has 8 aromatic carbocycles. The number of ether oxygens (including phenoxy) is 4. The average molecular weight is 1160 g/mol. The van der Waals surface area contributed by atoms with E-state index in [2.05, 4.69) is 84.9 Å². The number of aromatic nitrogens is 4. The summed E-state index contributed by atoms with van der Waals surface area (Å²) in [5, 5.41) is 31.7. The first-order chi connectivity index (χ1) is 40.7. The molecule has 428 valence electrons. The summed E-state index contributed by atoms with van der Waals surface area (Å²) < 4.78 is 28.8. The molecule has 0 aliphatic carbocycles. The van der Waals surface area contributed by atoms with E-state index in [1.54, 1.807) is 0 Å². The molecule has 10 aromatic rings. The molecule has 85 heavy (non-hydrogen) atoms. The maximum Gasteiger partial charge on any atom is 2.00 e. The van der Waals surface area contributed by atoms with Crippen molar-refractivity contribution in [1.29, 1.82) is 0 Å². The van der Waals surface area contributed by atoms with E-state index in [0.29, 0.717) is 39.1 Å². The fraction of sp³-hybridized carbons (Fsp3) is 0.222. The van der Waals surface area contributed by atoms with Crippen LogP contribution in [0.25, 0.3) is 45.0 Å². The Morgan fingerprint density at radius 1 is 0.435 bits per heavy atom. The number of aryl methyl sites for hydroxylation is 4. The standard InChI is InChI=1S/2C36H36N2O4.Ca/c2*1-25(2)42-35-21-27(24-41-32-18-16-28(26(3)20-32)17-19-36(39)40)14-15-31(35)23-38-34(30-12-8-5-9-13-30)22-33(37-38)29-10-6-4-7-11-29;/h2*4-16,18,20-22,25H,17,19,23-24H2,1-3H3,(H,39,40);/q;;+2/p-2. The number of hydrogen-bond donors (Lipinski definition) is 0. The third-order valence-electron chi connectivity index (χ3n) is 14.1. The van der Waals surface area contributed by atoms with E-state index >= 15 is 0 Å². The van der Waals surface area contributed by atoms with Crippen molar-refractivity contribution < 1.29 is 38.7 Å². The maximum absolute atomic E-state index is 10.8. The first-order valence-corrected chi connectivity index (χ1v) is 28.5. The molecule has 0 saturated carbocycles. The Morgan fingerprint density at radius 3 is 1.11 bits per heavy atom. The first kappa shape index (κ1) is 62.6. The summed E-state index contributed by atoms with van der Waals surface area (Å²) in [7, 11) is 0. The molecule has 0 atom stereocenters. The predicted octanol–water partition coefficient (Wildman–Crippen LogP) is 12.9. The normalized spacial score (nSPS) is 10.9. The van der Waals surface area contributed by atoms with E-state index in [4.69, 9.17) is 29.1 Å². The van der Waals surface area contributed by atoms with Gasteiger partial charge in [-0.1, -0.05) is 158 Å². The molecule has 0 saturated heterocycles. The van der Waals surface area contributed by atoms with Crippen molar-refractivity contribution in [2.24, 2.45) is 0 Å². The average Bonchev–Trinajstić information content (AvgIpc) is 4.28. The minimum atomic E-state index is -1.04. The Labute approximate surface area is 528 Å². The Kier molecular flexibility index (Phi) is 22.4. The number of carbonyl (C=O) groups is 2. The van der Waals surface area contributed by atoms with E-state index in [9.17, 15) is 19.8 Å². The largest absolute Gasteiger partial charge is 2.00 e. The van der Waals surface area contributed by atoms with E-state index in [1.807, 2.05) is 172 Å². The Morgan fingerprint density at radius 2 is 0.776 bits per heavy atom. The zero-order valence-corrected chi connectivity index (χ0v) is 51.4. The van der Waals surface area contributed by atoms with Gasteiger partial charge in [0, 0.05) is 34.2 Å². The van der Waals surface area contributed by atoms with Crippen LogP contribution in [0.15, 0.2) is 206 Å². The molecule has 12 nitrogen and oxygen atoms in total. The van der Waals surface area contributed by atoms with Crippen LogP contribution in [0.5, 0.6) is 23.0 Å². The van der Waals surface area contributed by atoms with Crippen LogP contribution in [0.3, 0.4) is 0 Å². The second-order valence-electron chi connectivity index (χ2n) is 21.3. The summed E-state index contributed by atoms with van der Waals surface area (Å²) in [4.78, 5) is 21.6. The van der Waals surface area contributed by atoms with Gasteiger partial charge in [0.2, 0.25) is 0 Å². The Bertz CT molecular complexity index is 3540. The topological polar surface area (TPSA) is 153 Å². The van der Waals surface area contributed by atoms with E-state index in [-0.39, 0.29) is 62.8 Å². The zero-order chi connectivity index (χ0) is 59.0. The van der Waals surface area contributed by atoms with Gasteiger partial charge in [0.05, 0.1) is 48.1 Å². The minimum absolute atomic E-state index is 0. The number of aliphatic carboxylic acids is 2. The van der Waals surface area contributed by atoms with E-state index < -0.39 is 11.9 Å². The van der Waals surface area contributed by atoms with Crippen molar-refractivity contribution in [2.45, 2.75) is 106 Å². The number of hydrogen-bond acceptors (Lipinski definition) is 10. The molecule has 13 heteroatoms. The minimum Gasteiger partial charge on any atom is -0.550 e. The summed E-state index contributed by atoms with van der Waals surface area (Å²) in [5.41, 5.74) is 16.2. The van der Waals surface area contributed by atoms with Gasteiger partial charge >= 0.3 is 37.7 Å². The van der Waals surface area contributed by atoms with Gasteiger partial charge in [0.15, 0.2) is 0 Å². The molecule has 0 fully saturated rings. The molecule has 0 aliphatic rings. The summed E-state index contributed by atoms with van der Waals surface area (Å²) >= 11 is 0. The smallest absolute Gasteiger partial charge is 0.550 e. The van der Waals surface area contributed by atoms with Gasteiger partial charge in [0.25, 0.3) is 0 Å². The molecule has 0 amide bonds. The second kappa shape index (κ2) is 30.4. The van der Waals surface area contributed by atoms with Crippen LogP contribution in [0.2, 0.25) is 0 Å². The molecule has 0 aliphatic heterocycles. The van der Waals surface area contributed by atoms with Crippen LogP contribution in [-0.4, -0.2) is 81.4 Å². The molecule has 2 heterocycles. The van der Waals surface area contributed by atoms with Crippen molar-refractivity contribution in [1.82, 2.24) is 19.6 Å². The summed E-state index contributed by atoms with van der Waals surface area (Å²) in [6, 6.07) is 69.2. The molecular formula is C72H70CaN4O8. The fourth-order valence-corrected chi connectivity index (χ4v) is 9.83. The fourth-order valence-electron chi connectivity index (χ4n) is 9.83. The number of rotatable bonds is 24. The van der Waals surface area contributed by atoms with Gasteiger partial charge in [-0.05, 0) is 160 Å². The van der Waals surface area contributed by atoms with E-state index in [1.165, 1.54) is 0 Å². The van der Waals surface area contributed by atoms with Gasteiger partial charge < -0.3 is 38.7 Å². The summed E-state index contributed by atoms with van der Waals surface area (Å²) in [6.45, 7) is 13.9. The van der Waals surface area contributed by atoms with Crippen LogP contribution in [0.1, 0.15) is 85.0 Å². The SMILES string of the molecule is Cc1cc(OCc2ccc(Cn3nc(-c4ccccc4)cc3-c3ccccc3)c(OC(C)C)c2)ccc1CCC(=O)[O-].Cc1cc(OCc2ccc(Cn3nc(-c4ccccc4)cc3-c3ccccc3)c(OC(C)C)c2)ccc1CCC(=O)[O-].[Ca+2]. The number of carboxylic acids is 2. The van der Waals surface area contributed by atoms with Gasteiger partial charge in [0.1, 0.15) is 36.2 Å². The molecule has 0 radical (unpaired) electrons. The van der Waals surface area contributed by atoms with Gasteiger partial charge in [-0.25, -0.2) is 0 Å². The molecular weight excluding hydrogens is 1090 g/mol. The molecule has 0 bridgehead atoms. The van der Waals surface area contributed by atoms with Crippen LogP contribution < -0.4 is 29.2 Å². The number of benzene rings is 8. The number of carboxylic acid groups (broad SMARTS) is 2. The third kappa shape index (κ3) is 17.8. The van der Waals surface area contributed by atoms with Crippen molar-refractivity contribution >= 4 is 49.7 Å². The zero-order valence-electron chi connectivity index (χ0n) is 49.2. The quantitative estimate of drug-likeness (QED) is 0.0534. The van der Waals surface area contributed by atoms with Crippen LogP contribution in [-0.2, 0) is 48.7 Å². The van der Waals surface area contributed by atoms with Crippen molar-refractivity contribution in [3.05, 3.63) is 251 Å². The Balaban J connectivity index is 0.000000219. The van der Waals surface area contributed by atoms with E-state index in [0.717, 1.165) is 113 Å². The van der Waals surface area contributed by atoms with Crippen molar-refractivity contribution in [3.63, 3.8) is 0 Å². The third-order valence-corrected chi connectivity index (χ3v) is 14.1.